The lowest BCUT2D eigenvalue weighted by molar-refractivity contribution is -0.125. The van der Waals surface area contributed by atoms with Crippen LogP contribution in [0.2, 0.25) is 0 Å². The van der Waals surface area contributed by atoms with Gasteiger partial charge in [0.25, 0.3) is 0 Å². The number of hydrogen-bond acceptors (Lipinski definition) is 4. The van der Waals surface area contributed by atoms with Crippen molar-refractivity contribution in [1.82, 2.24) is 15.2 Å². The monoisotopic (exact) mass is 228 g/mol. The van der Waals surface area contributed by atoms with Crippen molar-refractivity contribution in [2.45, 2.75) is 25.8 Å². The van der Waals surface area contributed by atoms with E-state index in [1.807, 2.05) is 6.92 Å². The first-order valence-electron chi connectivity index (χ1n) is 5.93. The molecule has 0 saturated carbocycles. The van der Waals surface area contributed by atoms with Crippen LogP contribution < -0.4 is 11.3 Å². The molecule has 0 bridgehead atoms. The first-order chi connectivity index (χ1) is 7.54. The van der Waals surface area contributed by atoms with Crippen LogP contribution >= 0.6 is 0 Å². The van der Waals surface area contributed by atoms with Gasteiger partial charge in [-0.05, 0) is 33.5 Å². The average molecular weight is 228 g/mol. The lowest BCUT2D eigenvalue weighted by Gasteiger charge is -2.28. The van der Waals surface area contributed by atoms with E-state index in [9.17, 15) is 4.79 Å². The number of likely N-dealkylation sites (tertiary alicyclic amines) is 1. The van der Waals surface area contributed by atoms with Crippen molar-refractivity contribution in [3.05, 3.63) is 0 Å². The number of rotatable bonds is 5. The highest BCUT2D eigenvalue weighted by Gasteiger charge is 2.27. The molecule has 94 valence electrons. The Morgan fingerprint density at radius 3 is 2.88 bits per heavy atom. The van der Waals surface area contributed by atoms with E-state index in [0.29, 0.717) is 6.04 Å². The SMILES string of the molecule is CC(CN1CCCC1CN(C)C)C(=O)NN. The van der Waals surface area contributed by atoms with Crippen LogP contribution in [0.4, 0.5) is 0 Å². The molecular formula is C11H24N4O. The number of nitrogens with two attached hydrogens (primary N) is 1. The van der Waals surface area contributed by atoms with Crippen LogP contribution in [0.5, 0.6) is 0 Å². The van der Waals surface area contributed by atoms with E-state index < -0.39 is 0 Å². The lowest BCUT2D eigenvalue weighted by Crippen LogP contribution is -2.44. The van der Waals surface area contributed by atoms with Crippen molar-refractivity contribution in [2.24, 2.45) is 11.8 Å². The average Bonchev–Trinajstić information content (AvgIpc) is 2.63. The van der Waals surface area contributed by atoms with Crippen LogP contribution in [0.1, 0.15) is 19.8 Å². The largest absolute Gasteiger partial charge is 0.308 e. The summed E-state index contributed by atoms with van der Waals surface area (Å²) in [4.78, 5) is 16.0. The van der Waals surface area contributed by atoms with Crippen LogP contribution in [0.3, 0.4) is 0 Å². The summed E-state index contributed by atoms with van der Waals surface area (Å²) in [6, 6.07) is 0.586. The van der Waals surface area contributed by atoms with E-state index in [1.165, 1.54) is 12.8 Å². The molecule has 1 rings (SSSR count). The highest BCUT2D eigenvalue weighted by Crippen LogP contribution is 2.19. The van der Waals surface area contributed by atoms with E-state index in [-0.39, 0.29) is 11.8 Å². The number of nitrogens with zero attached hydrogens (tertiary/aromatic N) is 2. The van der Waals surface area contributed by atoms with Gasteiger partial charge in [0.1, 0.15) is 0 Å². The van der Waals surface area contributed by atoms with Crippen molar-refractivity contribution < 1.29 is 4.79 Å². The van der Waals surface area contributed by atoms with Crippen molar-refractivity contribution in [3.8, 4) is 0 Å². The van der Waals surface area contributed by atoms with Crippen molar-refractivity contribution in [2.75, 3.05) is 33.7 Å². The van der Waals surface area contributed by atoms with Gasteiger partial charge in [0, 0.05) is 25.0 Å². The zero-order valence-electron chi connectivity index (χ0n) is 10.6. The molecule has 0 spiro atoms. The fourth-order valence-electron chi connectivity index (χ4n) is 2.34. The summed E-state index contributed by atoms with van der Waals surface area (Å²) in [5.74, 6) is 5.03. The van der Waals surface area contributed by atoms with Crippen LogP contribution in [0.25, 0.3) is 0 Å². The van der Waals surface area contributed by atoms with Crippen LogP contribution in [0, 0.1) is 5.92 Å². The molecule has 0 aromatic heterocycles. The van der Waals surface area contributed by atoms with Gasteiger partial charge < -0.3 is 4.90 Å². The molecule has 0 aromatic carbocycles. The molecule has 0 aromatic rings. The van der Waals surface area contributed by atoms with Gasteiger partial charge in [-0.25, -0.2) is 5.84 Å². The first kappa shape index (κ1) is 13.4. The molecule has 2 atom stereocenters. The molecule has 2 unspecified atom stereocenters. The fourth-order valence-corrected chi connectivity index (χ4v) is 2.34. The summed E-state index contributed by atoms with van der Waals surface area (Å²) in [5, 5.41) is 0. The number of amides is 1. The number of likely N-dealkylation sites (N-methyl/N-ethyl adjacent to an activating group) is 1. The third-order valence-electron chi connectivity index (χ3n) is 3.17. The Balaban J connectivity index is 2.43. The van der Waals surface area contributed by atoms with Crippen LogP contribution in [0.15, 0.2) is 0 Å². The summed E-state index contributed by atoms with van der Waals surface area (Å²) in [5.41, 5.74) is 2.22. The van der Waals surface area contributed by atoms with Gasteiger partial charge in [-0.3, -0.25) is 15.1 Å². The molecule has 1 aliphatic heterocycles. The Morgan fingerprint density at radius 1 is 1.62 bits per heavy atom. The maximum Gasteiger partial charge on any atom is 0.237 e. The second-order valence-corrected chi connectivity index (χ2v) is 4.96. The van der Waals surface area contributed by atoms with Gasteiger partial charge in [0.05, 0.1) is 0 Å². The number of hydrazine groups is 1. The van der Waals surface area contributed by atoms with Crippen molar-refractivity contribution >= 4 is 5.91 Å². The lowest BCUT2D eigenvalue weighted by atomic mass is 10.1. The molecule has 1 aliphatic rings. The second kappa shape index (κ2) is 6.18. The normalized spacial score (nSPS) is 23.7. The third kappa shape index (κ3) is 3.73. The van der Waals surface area contributed by atoms with Crippen LogP contribution in [-0.2, 0) is 4.79 Å². The molecule has 16 heavy (non-hydrogen) atoms. The molecule has 5 heteroatoms. The summed E-state index contributed by atoms with van der Waals surface area (Å²) in [7, 11) is 4.18. The number of carbonyl (C=O) groups excluding carboxylic acids is 1. The zero-order valence-corrected chi connectivity index (χ0v) is 10.6. The van der Waals surface area contributed by atoms with Gasteiger partial charge in [-0.1, -0.05) is 6.92 Å². The van der Waals surface area contributed by atoms with E-state index in [1.54, 1.807) is 0 Å². The minimum atomic E-state index is -0.0736. The van der Waals surface area contributed by atoms with E-state index in [4.69, 9.17) is 5.84 Å². The second-order valence-electron chi connectivity index (χ2n) is 4.96. The van der Waals surface area contributed by atoms with Gasteiger partial charge >= 0.3 is 0 Å². The minimum absolute atomic E-state index is 0.0345. The highest BCUT2D eigenvalue weighted by atomic mass is 16.2. The highest BCUT2D eigenvalue weighted by molar-refractivity contribution is 5.77. The maximum atomic E-state index is 11.4. The Kier molecular flexibility index (Phi) is 5.18. The predicted octanol–water partition coefficient (Wildman–Crippen LogP) is -0.362. The molecule has 3 N–H and O–H groups in total. The summed E-state index contributed by atoms with van der Waals surface area (Å²) >= 11 is 0. The molecule has 0 aliphatic carbocycles. The van der Waals surface area contributed by atoms with Crippen LogP contribution in [-0.4, -0.2) is 55.5 Å². The molecule has 1 heterocycles. The summed E-state index contributed by atoms with van der Waals surface area (Å²) in [6.07, 6.45) is 2.46. The Morgan fingerprint density at radius 2 is 2.31 bits per heavy atom. The topological polar surface area (TPSA) is 61.6 Å². The quantitative estimate of drug-likeness (QED) is 0.383. The molecule has 1 fully saturated rings. The fraction of sp³-hybridized carbons (Fsp3) is 0.909. The number of nitrogens with one attached hydrogen (secondary N) is 1. The number of carbonyl (C=O) groups is 1. The van der Waals surface area contributed by atoms with Gasteiger partial charge in [-0.2, -0.15) is 0 Å². The number of hydrogen-bond donors (Lipinski definition) is 2. The summed E-state index contributed by atoms with van der Waals surface area (Å²) < 4.78 is 0. The predicted molar refractivity (Wildman–Crippen MR) is 64.6 cm³/mol. The first-order valence-corrected chi connectivity index (χ1v) is 5.93. The molecule has 5 nitrogen and oxygen atoms in total. The minimum Gasteiger partial charge on any atom is -0.308 e. The molecule has 1 amide bonds. The smallest absolute Gasteiger partial charge is 0.237 e. The molecular weight excluding hydrogens is 204 g/mol. The Bertz CT molecular complexity index is 232. The van der Waals surface area contributed by atoms with E-state index >= 15 is 0 Å². The molecule has 1 saturated heterocycles. The van der Waals surface area contributed by atoms with Crippen molar-refractivity contribution in [3.63, 3.8) is 0 Å². The standard InChI is InChI=1S/C11H24N4O/c1-9(11(16)13-12)7-15-6-4-5-10(15)8-14(2)3/h9-10H,4-8,12H2,1-3H3,(H,13,16). The van der Waals surface area contributed by atoms with E-state index in [2.05, 4.69) is 29.3 Å². The Hall–Kier alpha value is -0.650. The molecule has 0 radical (unpaired) electrons. The van der Waals surface area contributed by atoms with Gasteiger partial charge in [0.2, 0.25) is 5.91 Å². The zero-order chi connectivity index (χ0) is 12.1. The Labute approximate surface area is 97.9 Å². The maximum absolute atomic E-state index is 11.4. The van der Waals surface area contributed by atoms with Crippen molar-refractivity contribution in [1.29, 1.82) is 0 Å². The van der Waals surface area contributed by atoms with Gasteiger partial charge in [0.15, 0.2) is 0 Å². The van der Waals surface area contributed by atoms with Gasteiger partial charge in [-0.15, -0.1) is 0 Å². The van der Waals surface area contributed by atoms with E-state index in [0.717, 1.165) is 19.6 Å². The third-order valence-corrected chi connectivity index (χ3v) is 3.17. The summed E-state index contributed by atoms with van der Waals surface area (Å²) in [6.45, 7) is 4.90.